The average Bonchev–Trinajstić information content (AvgIpc) is 2.86. The van der Waals surface area contributed by atoms with E-state index >= 15 is 0 Å². The minimum atomic E-state index is -3.12. The lowest BCUT2D eigenvalue weighted by atomic mass is 10.1. The van der Waals surface area contributed by atoms with Gasteiger partial charge >= 0.3 is 0 Å². The van der Waals surface area contributed by atoms with Crippen LogP contribution in [-0.2, 0) is 25.8 Å². The number of hydrazine groups is 1. The molecule has 0 radical (unpaired) electrons. The molecule has 7 nitrogen and oxygen atoms in total. The van der Waals surface area contributed by atoms with Crippen LogP contribution in [0.1, 0.15) is 12.0 Å². The molecular formula is C14H18N2O5S. The molecule has 2 amide bonds. The summed E-state index contributed by atoms with van der Waals surface area (Å²) in [5.74, 6) is -0.882. The van der Waals surface area contributed by atoms with Gasteiger partial charge in [0.05, 0.1) is 31.0 Å². The summed E-state index contributed by atoms with van der Waals surface area (Å²) in [7, 11) is -1.56. The van der Waals surface area contributed by atoms with Crippen molar-refractivity contribution in [1.29, 1.82) is 0 Å². The molecule has 1 heterocycles. The largest absolute Gasteiger partial charge is 0.497 e. The van der Waals surface area contributed by atoms with Crippen molar-refractivity contribution >= 4 is 21.7 Å². The van der Waals surface area contributed by atoms with Gasteiger partial charge in [-0.05, 0) is 24.1 Å². The van der Waals surface area contributed by atoms with Crippen LogP contribution in [0.15, 0.2) is 24.3 Å². The van der Waals surface area contributed by atoms with Crippen molar-refractivity contribution in [3.05, 3.63) is 29.8 Å². The van der Waals surface area contributed by atoms with E-state index in [-0.39, 0.29) is 23.8 Å². The Morgan fingerprint density at radius 1 is 1.23 bits per heavy atom. The van der Waals surface area contributed by atoms with Crippen LogP contribution in [0.5, 0.6) is 5.75 Å². The number of ether oxygens (including phenoxy) is 1. The molecule has 0 bridgehead atoms. The van der Waals surface area contributed by atoms with Crippen LogP contribution in [0, 0.1) is 5.92 Å². The molecule has 0 unspecified atom stereocenters. The Balaban J connectivity index is 1.78. The predicted molar refractivity (Wildman–Crippen MR) is 79.7 cm³/mol. The Labute approximate surface area is 128 Å². The van der Waals surface area contributed by atoms with Crippen molar-refractivity contribution in [3.63, 3.8) is 0 Å². The smallest absolute Gasteiger partial charge is 0.242 e. The van der Waals surface area contributed by atoms with Gasteiger partial charge in [0.2, 0.25) is 11.8 Å². The highest BCUT2D eigenvalue weighted by atomic mass is 32.2. The van der Waals surface area contributed by atoms with Crippen LogP contribution in [0.4, 0.5) is 0 Å². The summed E-state index contributed by atoms with van der Waals surface area (Å²) in [6, 6.07) is 6.99. The summed E-state index contributed by atoms with van der Waals surface area (Å²) in [4.78, 5) is 23.5. The number of carbonyl (C=O) groups excluding carboxylic acids is 2. The van der Waals surface area contributed by atoms with E-state index in [1.54, 1.807) is 31.4 Å². The second-order valence-corrected chi connectivity index (χ2v) is 7.39. The van der Waals surface area contributed by atoms with Gasteiger partial charge in [-0.2, -0.15) is 0 Å². The van der Waals surface area contributed by atoms with Crippen molar-refractivity contribution in [2.24, 2.45) is 5.92 Å². The van der Waals surface area contributed by atoms with Crippen molar-refractivity contribution in [1.82, 2.24) is 10.9 Å². The highest BCUT2D eigenvalue weighted by Gasteiger charge is 2.33. The summed E-state index contributed by atoms with van der Waals surface area (Å²) in [6.07, 6.45) is 0.399. The maximum atomic E-state index is 11.8. The lowest BCUT2D eigenvalue weighted by Gasteiger charge is -2.10. The molecule has 1 aromatic carbocycles. The Kier molecular flexibility index (Phi) is 5.02. The Morgan fingerprint density at radius 3 is 2.45 bits per heavy atom. The third kappa shape index (κ3) is 4.45. The van der Waals surface area contributed by atoms with Crippen molar-refractivity contribution < 1.29 is 22.7 Å². The average molecular weight is 326 g/mol. The Hall–Kier alpha value is -2.09. The van der Waals surface area contributed by atoms with Crippen LogP contribution in [-0.4, -0.2) is 38.8 Å². The first-order chi connectivity index (χ1) is 10.4. The number of hydrogen-bond donors (Lipinski definition) is 2. The number of methoxy groups -OCH3 is 1. The highest BCUT2D eigenvalue weighted by molar-refractivity contribution is 7.91. The van der Waals surface area contributed by atoms with Gasteiger partial charge < -0.3 is 4.74 Å². The fourth-order valence-electron chi connectivity index (χ4n) is 2.21. The minimum absolute atomic E-state index is 0.0187. The fraction of sp³-hybridized carbons (Fsp3) is 0.429. The summed E-state index contributed by atoms with van der Waals surface area (Å²) < 4.78 is 27.6. The minimum Gasteiger partial charge on any atom is -0.497 e. The Morgan fingerprint density at radius 2 is 1.91 bits per heavy atom. The molecule has 1 saturated heterocycles. The molecule has 120 valence electrons. The van der Waals surface area contributed by atoms with Crippen molar-refractivity contribution in [3.8, 4) is 5.75 Å². The van der Waals surface area contributed by atoms with Crippen molar-refractivity contribution in [2.45, 2.75) is 12.8 Å². The van der Waals surface area contributed by atoms with E-state index in [4.69, 9.17) is 4.74 Å². The van der Waals surface area contributed by atoms with Crippen LogP contribution in [0.25, 0.3) is 0 Å². The number of rotatable bonds is 4. The highest BCUT2D eigenvalue weighted by Crippen LogP contribution is 2.18. The molecule has 0 aliphatic carbocycles. The fourth-order valence-corrected chi connectivity index (χ4v) is 3.95. The number of sulfone groups is 1. The molecule has 1 aliphatic rings. The third-order valence-corrected chi connectivity index (χ3v) is 5.22. The quantitative estimate of drug-likeness (QED) is 0.748. The molecule has 1 fully saturated rings. The number of amides is 2. The van der Waals surface area contributed by atoms with Gasteiger partial charge in [0, 0.05) is 0 Å². The maximum Gasteiger partial charge on any atom is 0.242 e. The molecule has 2 rings (SSSR count). The molecule has 0 aromatic heterocycles. The lowest BCUT2D eigenvalue weighted by Crippen LogP contribution is -2.45. The third-order valence-electron chi connectivity index (χ3n) is 3.45. The number of benzene rings is 1. The lowest BCUT2D eigenvalue weighted by molar-refractivity contribution is -0.130. The van der Waals surface area contributed by atoms with E-state index in [0.717, 1.165) is 5.56 Å². The van der Waals surface area contributed by atoms with E-state index in [1.807, 2.05) is 0 Å². The molecule has 2 N–H and O–H groups in total. The zero-order valence-electron chi connectivity index (χ0n) is 12.2. The molecule has 1 aromatic rings. The summed E-state index contributed by atoms with van der Waals surface area (Å²) in [5.41, 5.74) is 5.35. The molecule has 1 atom stereocenters. The maximum absolute atomic E-state index is 11.8. The van der Waals surface area contributed by atoms with Gasteiger partial charge in [0.25, 0.3) is 0 Å². The first kappa shape index (κ1) is 16.3. The van der Waals surface area contributed by atoms with Gasteiger partial charge in [-0.3, -0.25) is 20.4 Å². The SMILES string of the molecule is COc1ccc(CC(=O)NNC(=O)[C@@H]2CCS(=O)(=O)C2)cc1. The van der Waals surface area contributed by atoms with E-state index in [1.165, 1.54) is 0 Å². The Bertz CT molecular complexity index is 654. The van der Waals surface area contributed by atoms with Crippen LogP contribution >= 0.6 is 0 Å². The topological polar surface area (TPSA) is 102 Å². The van der Waals surface area contributed by atoms with Gasteiger partial charge in [-0.1, -0.05) is 12.1 Å². The first-order valence-electron chi connectivity index (χ1n) is 6.81. The molecule has 8 heteroatoms. The zero-order chi connectivity index (χ0) is 16.2. The molecular weight excluding hydrogens is 308 g/mol. The van der Waals surface area contributed by atoms with Gasteiger partial charge in [0.15, 0.2) is 9.84 Å². The van der Waals surface area contributed by atoms with E-state index in [2.05, 4.69) is 10.9 Å². The van der Waals surface area contributed by atoms with E-state index in [9.17, 15) is 18.0 Å². The molecule has 0 spiro atoms. The molecule has 0 saturated carbocycles. The number of carbonyl (C=O) groups is 2. The summed E-state index contributed by atoms with van der Waals surface area (Å²) in [6.45, 7) is 0. The molecule has 1 aliphatic heterocycles. The van der Waals surface area contributed by atoms with Gasteiger partial charge in [0.1, 0.15) is 5.75 Å². The van der Waals surface area contributed by atoms with Crippen LogP contribution in [0.2, 0.25) is 0 Å². The zero-order valence-corrected chi connectivity index (χ0v) is 13.0. The normalized spacial score (nSPS) is 19.4. The second kappa shape index (κ2) is 6.78. The van der Waals surface area contributed by atoms with Gasteiger partial charge in [-0.15, -0.1) is 0 Å². The first-order valence-corrected chi connectivity index (χ1v) is 8.64. The van der Waals surface area contributed by atoms with Gasteiger partial charge in [-0.25, -0.2) is 8.42 Å². The van der Waals surface area contributed by atoms with Crippen LogP contribution in [0.3, 0.4) is 0 Å². The monoisotopic (exact) mass is 326 g/mol. The van der Waals surface area contributed by atoms with E-state index in [0.29, 0.717) is 12.2 Å². The van der Waals surface area contributed by atoms with E-state index < -0.39 is 21.7 Å². The summed E-state index contributed by atoms with van der Waals surface area (Å²) >= 11 is 0. The molecule has 22 heavy (non-hydrogen) atoms. The summed E-state index contributed by atoms with van der Waals surface area (Å²) in [5, 5.41) is 0. The number of hydrogen-bond acceptors (Lipinski definition) is 5. The second-order valence-electron chi connectivity index (χ2n) is 5.16. The van der Waals surface area contributed by atoms with Crippen LogP contribution < -0.4 is 15.6 Å². The predicted octanol–water partition coefficient (Wildman–Crippen LogP) is -0.180. The van der Waals surface area contributed by atoms with Crippen molar-refractivity contribution in [2.75, 3.05) is 18.6 Å². The number of nitrogens with one attached hydrogen (secondary N) is 2. The standard InChI is InChI=1S/C14H18N2O5S/c1-21-12-4-2-10(3-5-12)8-13(17)15-16-14(18)11-6-7-22(19,20)9-11/h2-5,11H,6-9H2,1H3,(H,15,17)(H,16,18)/t11-/m1/s1.